The molecule has 1 N–H and O–H groups in total. The molecule has 1 aliphatic rings. The summed E-state index contributed by atoms with van der Waals surface area (Å²) in [6.45, 7) is 1.24. The SMILES string of the molecule is COc1c(COC2CCCNC2c2ccccc2)cccc1[N+](=O)[O-]. The standard InChI is InChI=1S/C19H22N2O4/c1-24-19-15(9-5-10-16(19)21(22)23)13-25-17-11-6-12-20-18(17)14-7-3-2-4-8-14/h2-5,7-10,17-18,20H,6,11-13H2,1H3. The van der Waals surface area contributed by atoms with E-state index in [9.17, 15) is 10.1 Å². The maximum Gasteiger partial charge on any atom is 0.311 e. The van der Waals surface area contributed by atoms with Crippen LogP contribution in [-0.4, -0.2) is 24.7 Å². The van der Waals surface area contributed by atoms with Crippen molar-refractivity contribution in [3.8, 4) is 5.75 Å². The zero-order valence-electron chi connectivity index (χ0n) is 14.2. The van der Waals surface area contributed by atoms with Crippen LogP contribution in [0.25, 0.3) is 0 Å². The number of nitrogens with one attached hydrogen (secondary N) is 1. The molecule has 1 fully saturated rings. The highest BCUT2D eigenvalue weighted by molar-refractivity contribution is 5.51. The fourth-order valence-corrected chi connectivity index (χ4v) is 3.29. The summed E-state index contributed by atoms with van der Waals surface area (Å²) in [6.07, 6.45) is 2.00. The zero-order chi connectivity index (χ0) is 17.6. The molecule has 0 amide bonds. The van der Waals surface area contributed by atoms with E-state index in [4.69, 9.17) is 9.47 Å². The maximum absolute atomic E-state index is 11.2. The average molecular weight is 342 g/mol. The lowest BCUT2D eigenvalue weighted by Crippen LogP contribution is -2.39. The van der Waals surface area contributed by atoms with Crippen molar-refractivity contribution in [2.45, 2.75) is 31.6 Å². The normalized spacial score (nSPS) is 20.2. The summed E-state index contributed by atoms with van der Waals surface area (Å²) >= 11 is 0. The number of nitrogens with zero attached hydrogens (tertiary/aromatic N) is 1. The van der Waals surface area contributed by atoms with Crippen molar-refractivity contribution in [2.24, 2.45) is 0 Å². The van der Waals surface area contributed by atoms with Gasteiger partial charge in [0.2, 0.25) is 5.75 Å². The highest BCUT2D eigenvalue weighted by Gasteiger charge is 2.27. The molecule has 1 saturated heterocycles. The van der Waals surface area contributed by atoms with E-state index in [0.29, 0.717) is 5.56 Å². The Morgan fingerprint density at radius 3 is 2.72 bits per heavy atom. The lowest BCUT2D eigenvalue weighted by Gasteiger charge is -2.33. The second kappa shape index (κ2) is 8.09. The van der Waals surface area contributed by atoms with Crippen molar-refractivity contribution in [1.82, 2.24) is 5.32 Å². The van der Waals surface area contributed by atoms with E-state index >= 15 is 0 Å². The van der Waals surface area contributed by atoms with Gasteiger partial charge in [-0.2, -0.15) is 0 Å². The number of methoxy groups -OCH3 is 1. The summed E-state index contributed by atoms with van der Waals surface area (Å²) < 4.78 is 11.4. The van der Waals surface area contributed by atoms with Gasteiger partial charge in [-0.15, -0.1) is 0 Å². The van der Waals surface area contributed by atoms with Crippen LogP contribution in [-0.2, 0) is 11.3 Å². The molecule has 25 heavy (non-hydrogen) atoms. The van der Waals surface area contributed by atoms with E-state index in [2.05, 4.69) is 17.4 Å². The first-order chi connectivity index (χ1) is 12.2. The summed E-state index contributed by atoms with van der Waals surface area (Å²) in [7, 11) is 1.45. The summed E-state index contributed by atoms with van der Waals surface area (Å²) in [6, 6.07) is 15.2. The van der Waals surface area contributed by atoms with Gasteiger partial charge in [0, 0.05) is 11.6 Å². The molecular weight excluding hydrogens is 320 g/mol. The average Bonchev–Trinajstić information content (AvgIpc) is 2.66. The van der Waals surface area contributed by atoms with Crippen LogP contribution in [0.1, 0.15) is 30.0 Å². The molecule has 2 unspecified atom stereocenters. The van der Waals surface area contributed by atoms with Crippen LogP contribution in [0.2, 0.25) is 0 Å². The summed E-state index contributed by atoms with van der Waals surface area (Å²) in [5.74, 6) is 0.271. The van der Waals surface area contributed by atoms with Crippen molar-refractivity contribution in [3.63, 3.8) is 0 Å². The largest absolute Gasteiger partial charge is 0.490 e. The topological polar surface area (TPSA) is 73.6 Å². The van der Waals surface area contributed by atoms with Gasteiger partial charge in [-0.25, -0.2) is 0 Å². The van der Waals surface area contributed by atoms with Crippen molar-refractivity contribution in [3.05, 3.63) is 69.8 Å². The predicted octanol–water partition coefficient (Wildman–Crippen LogP) is 3.61. The van der Waals surface area contributed by atoms with E-state index < -0.39 is 4.92 Å². The van der Waals surface area contributed by atoms with Crippen LogP contribution in [0.15, 0.2) is 48.5 Å². The lowest BCUT2D eigenvalue weighted by atomic mass is 9.94. The summed E-state index contributed by atoms with van der Waals surface area (Å²) in [4.78, 5) is 10.7. The second-order valence-electron chi connectivity index (χ2n) is 6.06. The van der Waals surface area contributed by atoms with E-state index in [1.54, 1.807) is 12.1 Å². The molecule has 0 bridgehead atoms. The molecule has 132 valence electrons. The third-order valence-electron chi connectivity index (χ3n) is 4.49. The molecule has 6 nitrogen and oxygen atoms in total. The van der Waals surface area contributed by atoms with Gasteiger partial charge in [0.25, 0.3) is 0 Å². The van der Waals surface area contributed by atoms with E-state index in [0.717, 1.165) is 19.4 Å². The highest BCUT2D eigenvalue weighted by Crippen LogP contribution is 2.33. The monoisotopic (exact) mass is 342 g/mol. The van der Waals surface area contributed by atoms with E-state index in [1.165, 1.54) is 18.7 Å². The molecule has 1 heterocycles. The number of para-hydroxylation sites is 1. The molecule has 0 radical (unpaired) electrons. The molecule has 0 aromatic heterocycles. The quantitative estimate of drug-likeness (QED) is 0.641. The predicted molar refractivity (Wildman–Crippen MR) is 94.6 cm³/mol. The number of benzene rings is 2. The van der Waals surface area contributed by atoms with Crippen LogP contribution < -0.4 is 10.1 Å². The van der Waals surface area contributed by atoms with E-state index in [-0.39, 0.29) is 30.2 Å². The van der Waals surface area contributed by atoms with Gasteiger partial charge in [0.05, 0.1) is 30.8 Å². The van der Waals surface area contributed by atoms with Gasteiger partial charge in [-0.1, -0.05) is 42.5 Å². The molecule has 2 aromatic carbocycles. The van der Waals surface area contributed by atoms with Crippen LogP contribution in [0, 0.1) is 10.1 Å². The Kier molecular flexibility index (Phi) is 5.63. The Morgan fingerprint density at radius 2 is 2.00 bits per heavy atom. The minimum atomic E-state index is -0.433. The van der Waals surface area contributed by atoms with Gasteiger partial charge in [0.15, 0.2) is 0 Å². The van der Waals surface area contributed by atoms with Crippen LogP contribution >= 0.6 is 0 Å². The summed E-state index contributed by atoms with van der Waals surface area (Å²) in [5.41, 5.74) is 1.84. The Morgan fingerprint density at radius 1 is 1.20 bits per heavy atom. The Balaban J connectivity index is 1.76. The molecule has 2 atom stereocenters. The minimum Gasteiger partial charge on any atom is -0.490 e. The van der Waals surface area contributed by atoms with Crippen molar-refractivity contribution in [2.75, 3.05) is 13.7 Å². The Hall–Kier alpha value is -2.44. The molecular formula is C19H22N2O4. The van der Waals surface area contributed by atoms with Crippen LogP contribution in [0.5, 0.6) is 5.75 Å². The Labute approximate surface area is 146 Å². The molecule has 2 aromatic rings. The van der Waals surface area contributed by atoms with Crippen molar-refractivity contribution in [1.29, 1.82) is 0 Å². The third-order valence-corrected chi connectivity index (χ3v) is 4.49. The summed E-state index contributed by atoms with van der Waals surface area (Å²) in [5, 5.41) is 14.7. The first kappa shape index (κ1) is 17.4. The van der Waals surface area contributed by atoms with Gasteiger partial charge in [-0.3, -0.25) is 10.1 Å². The lowest BCUT2D eigenvalue weighted by molar-refractivity contribution is -0.385. The number of rotatable bonds is 6. The molecule has 0 aliphatic carbocycles. The third kappa shape index (κ3) is 3.97. The molecule has 6 heteroatoms. The number of ether oxygens (including phenoxy) is 2. The first-order valence-electron chi connectivity index (χ1n) is 8.41. The highest BCUT2D eigenvalue weighted by atomic mass is 16.6. The molecule has 1 aliphatic heterocycles. The number of hydrogen-bond acceptors (Lipinski definition) is 5. The van der Waals surface area contributed by atoms with Gasteiger partial charge < -0.3 is 14.8 Å². The fraction of sp³-hybridized carbons (Fsp3) is 0.368. The van der Waals surface area contributed by atoms with Gasteiger partial charge in [0.1, 0.15) is 0 Å². The number of nitro groups is 1. The fourth-order valence-electron chi connectivity index (χ4n) is 3.29. The number of hydrogen-bond donors (Lipinski definition) is 1. The first-order valence-corrected chi connectivity index (χ1v) is 8.41. The van der Waals surface area contributed by atoms with Crippen LogP contribution in [0.3, 0.4) is 0 Å². The minimum absolute atomic E-state index is 0.0140. The smallest absolute Gasteiger partial charge is 0.311 e. The maximum atomic E-state index is 11.2. The van der Waals surface area contributed by atoms with Gasteiger partial charge in [-0.05, 0) is 24.9 Å². The van der Waals surface area contributed by atoms with Crippen molar-refractivity contribution < 1.29 is 14.4 Å². The van der Waals surface area contributed by atoms with E-state index in [1.807, 2.05) is 18.2 Å². The zero-order valence-corrected chi connectivity index (χ0v) is 14.2. The molecule has 3 rings (SSSR count). The number of nitro benzene ring substituents is 1. The molecule has 0 spiro atoms. The van der Waals surface area contributed by atoms with Gasteiger partial charge >= 0.3 is 5.69 Å². The second-order valence-corrected chi connectivity index (χ2v) is 6.06. The van der Waals surface area contributed by atoms with Crippen LogP contribution in [0.4, 0.5) is 5.69 Å². The Bertz CT molecular complexity index is 721. The van der Waals surface area contributed by atoms with Crippen molar-refractivity contribution >= 4 is 5.69 Å². The molecule has 0 saturated carbocycles. The number of piperidine rings is 1.